The smallest absolute Gasteiger partial charge is 0.321 e. The molecular weight excluding hydrogens is 156 g/mol. The Morgan fingerprint density at radius 1 is 1.67 bits per heavy atom. The van der Waals surface area contributed by atoms with Gasteiger partial charge in [0.25, 0.3) is 0 Å². The standard InChI is InChI=1S/C8H16N2O2/c1-3-4-5-9-8(12)10(2)6-7-11/h4-5,11H,3,6-7H2,1-2H3,(H,9,12)/b5-4+. The van der Waals surface area contributed by atoms with E-state index in [1.807, 2.05) is 13.0 Å². The van der Waals surface area contributed by atoms with Gasteiger partial charge in [0.15, 0.2) is 0 Å². The van der Waals surface area contributed by atoms with Crippen molar-refractivity contribution in [2.45, 2.75) is 13.3 Å². The number of hydrogen-bond donors (Lipinski definition) is 2. The third-order valence-corrected chi connectivity index (χ3v) is 1.34. The summed E-state index contributed by atoms with van der Waals surface area (Å²) < 4.78 is 0. The first-order valence-corrected chi connectivity index (χ1v) is 3.99. The Morgan fingerprint density at radius 3 is 2.83 bits per heavy atom. The van der Waals surface area contributed by atoms with Crippen LogP contribution in [-0.4, -0.2) is 36.2 Å². The van der Waals surface area contributed by atoms with Gasteiger partial charge in [-0.1, -0.05) is 13.0 Å². The van der Waals surface area contributed by atoms with Crippen LogP contribution in [0.3, 0.4) is 0 Å². The summed E-state index contributed by atoms with van der Waals surface area (Å²) in [6, 6.07) is -0.200. The number of carbonyl (C=O) groups excluding carboxylic acids is 1. The van der Waals surface area contributed by atoms with Crippen LogP contribution in [-0.2, 0) is 0 Å². The lowest BCUT2D eigenvalue weighted by atomic mass is 10.5. The summed E-state index contributed by atoms with van der Waals surface area (Å²) in [6.45, 7) is 2.33. The lowest BCUT2D eigenvalue weighted by Gasteiger charge is -2.14. The van der Waals surface area contributed by atoms with Crippen molar-refractivity contribution in [3.63, 3.8) is 0 Å². The van der Waals surface area contributed by atoms with Gasteiger partial charge in [-0.15, -0.1) is 0 Å². The average molecular weight is 172 g/mol. The molecule has 0 aliphatic carbocycles. The zero-order chi connectivity index (χ0) is 9.40. The normalized spacial score (nSPS) is 10.2. The maximum absolute atomic E-state index is 11.1. The molecule has 0 spiro atoms. The van der Waals surface area contributed by atoms with E-state index in [-0.39, 0.29) is 12.6 Å². The Labute approximate surface area is 72.9 Å². The molecular formula is C8H16N2O2. The number of urea groups is 1. The molecule has 4 nitrogen and oxygen atoms in total. The molecule has 0 fully saturated rings. The molecule has 0 saturated carbocycles. The summed E-state index contributed by atoms with van der Waals surface area (Å²) in [6.07, 6.45) is 4.35. The Balaban J connectivity index is 3.63. The molecule has 2 amide bonds. The number of allylic oxidation sites excluding steroid dienone is 1. The largest absolute Gasteiger partial charge is 0.395 e. The van der Waals surface area contributed by atoms with Gasteiger partial charge in [-0.3, -0.25) is 0 Å². The van der Waals surface area contributed by atoms with Crippen LogP contribution < -0.4 is 5.32 Å². The number of aliphatic hydroxyl groups excluding tert-OH is 1. The lowest BCUT2D eigenvalue weighted by molar-refractivity contribution is 0.193. The second-order valence-electron chi connectivity index (χ2n) is 2.41. The average Bonchev–Trinajstić information content (AvgIpc) is 2.05. The van der Waals surface area contributed by atoms with E-state index in [4.69, 9.17) is 5.11 Å². The van der Waals surface area contributed by atoms with E-state index in [1.54, 1.807) is 13.2 Å². The summed E-state index contributed by atoms with van der Waals surface area (Å²) in [5.74, 6) is 0. The molecule has 0 rings (SSSR count). The zero-order valence-corrected chi connectivity index (χ0v) is 7.58. The van der Waals surface area contributed by atoms with Gasteiger partial charge in [-0.05, 0) is 6.42 Å². The van der Waals surface area contributed by atoms with Crippen molar-refractivity contribution in [2.75, 3.05) is 20.2 Å². The van der Waals surface area contributed by atoms with E-state index in [2.05, 4.69) is 5.32 Å². The minimum Gasteiger partial charge on any atom is -0.395 e. The summed E-state index contributed by atoms with van der Waals surface area (Å²) in [7, 11) is 1.63. The van der Waals surface area contributed by atoms with Gasteiger partial charge in [0.05, 0.1) is 6.61 Å². The fraction of sp³-hybridized carbons (Fsp3) is 0.625. The second-order valence-corrected chi connectivity index (χ2v) is 2.41. The molecule has 0 aromatic carbocycles. The predicted molar refractivity (Wildman–Crippen MR) is 47.7 cm³/mol. The summed E-state index contributed by atoms with van der Waals surface area (Å²) in [4.78, 5) is 12.5. The number of nitrogens with one attached hydrogen (secondary N) is 1. The fourth-order valence-electron chi connectivity index (χ4n) is 0.610. The van der Waals surface area contributed by atoms with Crippen LogP contribution in [0.2, 0.25) is 0 Å². The fourth-order valence-corrected chi connectivity index (χ4v) is 0.610. The van der Waals surface area contributed by atoms with Gasteiger partial charge in [0.2, 0.25) is 0 Å². The number of rotatable bonds is 4. The van der Waals surface area contributed by atoms with Gasteiger partial charge in [-0.2, -0.15) is 0 Å². The van der Waals surface area contributed by atoms with Crippen LogP contribution in [0.25, 0.3) is 0 Å². The van der Waals surface area contributed by atoms with Crippen LogP contribution >= 0.6 is 0 Å². The predicted octanol–water partition coefficient (Wildman–Crippen LogP) is 0.544. The van der Waals surface area contributed by atoms with Crippen LogP contribution in [0.15, 0.2) is 12.3 Å². The highest BCUT2D eigenvalue weighted by Crippen LogP contribution is 1.83. The number of hydrogen-bond acceptors (Lipinski definition) is 2. The van der Waals surface area contributed by atoms with Crippen molar-refractivity contribution in [2.24, 2.45) is 0 Å². The van der Waals surface area contributed by atoms with Crippen LogP contribution in [0.5, 0.6) is 0 Å². The first-order chi connectivity index (χ1) is 5.72. The van der Waals surface area contributed by atoms with Crippen molar-refractivity contribution >= 4 is 6.03 Å². The van der Waals surface area contributed by atoms with Crippen molar-refractivity contribution < 1.29 is 9.90 Å². The van der Waals surface area contributed by atoms with Gasteiger partial charge < -0.3 is 15.3 Å². The van der Waals surface area contributed by atoms with Crippen LogP contribution in [0, 0.1) is 0 Å². The van der Waals surface area contributed by atoms with Gasteiger partial charge >= 0.3 is 6.03 Å². The minimum atomic E-state index is -0.200. The Hall–Kier alpha value is -1.03. The highest BCUT2D eigenvalue weighted by Gasteiger charge is 2.03. The monoisotopic (exact) mass is 172 g/mol. The topological polar surface area (TPSA) is 52.6 Å². The number of aliphatic hydroxyl groups is 1. The molecule has 0 radical (unpaired) electrons. The number of likely N-dealkylation sites (N-methyl/N-ethyl adjacent to an activating group) is 1. The maximum atomic E-state index is 11.1. The Morgan fingerprint density at radius 2 is 2.33 bits per heavy atom. The molecule has 4 heteroatoms. The van der Waals surface area contributed by atoms with Crippen LogP contribution in [0.4, 0.5) is 4.79 Å². The Bertz CT molecular complexity index is 157. The van der Waals surface area contributed by atoms with Crippen LogP contribution in [0.1, 0.15) is 13.3 Å². The molecule has 0 atom stereocenters. The Kier molecular flexibility index (Phi) is 6.09. The molecule has 12 heavy (non-hydrogen) atoms. The highest BCUT2D eigenvalue weighted by atomic mass is 16.3. The molecule has 0 aliphatic rings. The van der Waals surface area contributed by atoms with E-state index in [0.29, 0.717) is 6.54 Å². The number of nitrogens with zero attached hydrogens (tertiary/aromatic N) is 1. The lowest BCUT2D eigenvalue weighted by Crippen LogP contribution is -2.36. The van der Waals surface area contributed by atoms with Crippen molar-refractivity contribution in [1.82, 2.24) is 10.2 Å². The van der Waals surface area contributed by atoms with Crippen molar-refractivity contribution in [3.8, 4) is 0 Å². The first-order valence-electron chi connectivity index (χ1n) is 3.99. The summed E-state index contributed by atoms with van der Waals surface area (Å²) >= 11 is 0. The molecule has 0 aromatic rings. The molecule has 70 valence electrons. The third-order valence-electron chi connectivity index (χ3n) is 1.34. The molecule has 0 heterocycles. The van der Waals surface area contributed by atoms with E-state index >= 15 is 0 Å². The molecule has 0 bridgehead atoms. The molecule has 0 unspecified atom stereocenters. The van der Waals surface area contributed by atoms with E-state index < -0.39 is 0 Å². The first kappa shape index (κ1) is 11.0. The van der Waals surface area contributed by atoms with Crippen molar-refractivity contribution in [3.05, 3.63) is 12.3 Å². The zero-order valence-electron chi connectivity index (χ0n) is 7.58. The highest BCUT2D eigenvalue weighted by molar-refractivity contribution is 5.74. The van der Waals surface area contributed by atoms with Gasteiger partial charge in [-0.25, -0.2) is 4.79 Å². The molecule has 0 aliphatic heterocycles. The third kappa shape index (κ3) is 4.73. The SMILES string of the molecule is CC/C=C/NC(=O)N(C)CCO. The summed E-state index contributed by atoms with van der Waals surface area (Å²) in [5, 5.41) is 11.1. The van der Waals surface area contributed by atoms with E-state index in [9.17, 15) is 4.79 Å². The number of amides is 2. The summed E-state index contributed by atoms with van der Waals surface area (Å²) in [5.41, 5.74) is 0. The maximum Gasteiger partial charge on any atom is 0.321 e. The second kappa shape index (κ2) is 6.67. The molecule has 0 saturated heterocycles. The van der Waals surface area contributed by atoms with E-state index in [1.165, 1.54) is 4.90 Å². The quantitative estimate of drug-likeness (QED) is 0.650. The van der Waals surface area contributed by atoms with Crippen molar-refractivity contribution in [1.29, 1.82) is 0 Å². The number of carbonyl (C=O) groups is 1. The van der Waals surface area contributed by atoms with Gasteiger partial charge in [0, 0.05) is 19.8 Å². The van der Waals surface area contributed by atoms with E-state index in [0.717, 1.165) is 6.42 Å². The van der Waals surface area contributed by atoms with Gasteiger partial charge in [0.1, 0.15) is 0 Å². The molecule has 0 aromatic heterocycles. The minimum absolute atomic E-state index is 0.0125. The molecule has 2 N–H and O–H groups in total.